The van der Waals surface area contributed by atoms with Gasteiger partial charge in [-0.05, 0) is 46.5 Å². The van der Waals surface area contributed by atoms with E-state index in [0.29, 0.717) is 12.0 Å². The molecule has 0 spiro atoms. The van der Waals surface area contributed by atoms with E-state index in [1.165, 1.54) is 19.3 Å². The van der Waals surface area contributed by atoms with E-state index >= 15 is 0 Å². The third-order valence-corrected chi connectivity index (χ3v) is 3.09. The van der Waals surface area contributed by atoms with Crippen molar-refractivity contribution >= 4 is 5.97 Å². The van der Waals surface area contributed by atoms with Crippen molar-refractivity contribution in [3.05, 3.63) is 0 Å². The molecule has 3 heteroatoms. The fraction of sp³-hybridized carbons (Fsp3) is 0.923. The molecule has 1 N–H and O–H groups in total. The van der Waals surface area contributed by atoms with Gasteiger partial charge in [0.05, 0.1) is 0 Å². The summed E-state index contributed by atoms with van der Waals surface area (Å²) in [6.07, 6.45) is 3.70. The van der Waals surface area contributed by atoms with E-state index in [4.69, 9.17) is 4.74 Å². The summed E-state index contributed by atoms with van der Waals surface area (Å²) in [5, 5.41) is 3.38. The number of carbonyl (C=O) groups excluding carboxylic acids is 1. The van der Waals surface area contributed by atoms with Gasteiger partial charge in [0.15, 0.2) is 0 Å². The molecular formula is C13H25NO2. The molecule has 1 rings (SSSR count). The van der Waals surface area contributed by atoms with E-state index in [2.05, 4.69) is 12.2 Å². The predicted molar refractivity (Wildman–Crippen MR) is 65.2 cm³/mol. The highest BCUT2D eigenvalue weighted by atomic mass is 16.6. The fourth-order valence-corrected chi connectivity index (χ4v) is 2.17. The van der Waals surface area contributed by atoms with E-state index in [1.54, 1.807) is 0 Å². The van der Waals surface area contributed by atoms with Crippen LogP contribution in [0.15, 0.2) is 0 Å². The van der Waals surface area contributed by atoms with Gasteiger partial charge < -0.3 is 10.1 Å². The predicted octanol–water partition coefficient (Wildman–Crippen LogP) is 2.49. The Labute approximate surface area is 98.9 Å². The molecule has 1 aliphatic carbocycles. The molecule has 1 saturated carbocycles. The van der Waals surface area contributed by atoms with Gasteiger partial charge in [-0.15, -0.1) is 0 Å². The average molecular weight is 227 g/mol. The van der Waals surface area contributed by atoms with Gasteiger partial charge in [-0.3, -0.25) is 4.79 Å². The quantitative estimate of drug-likeness (QED) is 0.753. The summed E-state index contributed by atoms with van der Waals surface area (Å²) in [5.41, 5.74) is -0.395. The molecule has 0 saturated heterocycles. The molecule has 94 valence electrons. The lowest BCUT2D eigenvalue weighted by atomic mass is 10.1. The largest absolute Gasteiger partial charge is 0.459 e. The summed E-state index contributed by atoms with van der Waals surface area (Å²) in [5.74, 6) is 0.525. The van der Waals surface area contributed by atoms with Crippen molar-refractivity contribution in [3.8, 4) is 0 Å². The maximum absolute atomic E-state index is 11.8. The van der Waals surface area contributed by atoms with E-state index in [9.17, 15) is 4.79 Å². The van der Waals surface area contributed by atoms with Crippen LogP contribution in [-0.2, 0) is 9.53 Å². The van der Waals surface area contributed by atoms with E-state index in [-0.39, 0.29) is 12.0 Å². The summed E-state index contributed by atoms with van der Waals surface area (Å²) >= 11 is 0. The molecule has 0 aromatic rings. The molecule has 16 heavy (non-hydrogen) atoms. The van der Waals surface area contributed by atoms with Crippen molar-refractivity contribution in [1.29, 1.82) is 0 Å². The Morgan fingerprint density at radius 1 is 1.38 bits per heavy atom. The summed E-state index contributed by atoms with van der Waals surface area (Å²) < 4.78 is 5.34. The van der Waals surface area contributed by atoms with Crippen molar-refractivity contribution in [3.63, 3.8) is 0 Å². The Kier molecular flexibility index (Phi) is 4.36. The SMILES string of the molecule is CC1CCCC1N[C@@H](C)C(=O)OC(C)(C)C. The minimum absolute atomic E-state index is 0.147. The molecule has 0 amide bonds. The standard InChI is InChI=1S/C13H25NO2/c1-9-7-6-8-11(9)14-10(2)12(15)16-13(3,4)5/h9-11,14H,6-8H2,1-5H3/t9?,10-,11?/m0/s1. The van der Waals surface area contributed by atoms with E-state index in [0.717, 1.165) is 0 Å². The first kappa shape index (κ1) is 13.5. The number of carbonyl (C=O) groups is 1. The third kappa shape index (κ3) is 4.12. The highest BCUT2D eigenvalue weighted by Crippen LogP contribution is 2.25. The first-order valence-electron chi connectivity index (χ1n) is 6.28. The summed E-state index contributed by atoms with van der Waals surface area (Å²) in [7, 11) is 0. The second kappa shape index (κ2) is 5.17. The van der Waals surface area contributed by atoms with Crippen LogP contribution in [0.1, 0.15) is 53.9 Å². The normalized spacial score (nSPS) is 27.8. The van der Waals surface area contributed by atoms with E-state index < -0.39 is 5.60 Å². The van der Waals surface area contributed by atoms with E-state index in [1.807, 2.05) is 27.7 Å². The van der Waals surface area contributed by atoms with Crippen molar-refractivity contribution in [2.75, 3.05) is 0 Å². The zero-order chi connectivity index (χ0) is 12.3. The molecule has 1 fully saturated rings. The van der Waals surface area contributed by atoms with Gasteiger partial charge in [0.1, 0.15) is 11.6 Å². The Balaban J connectivity index is 2.39. The second-order valence-electron chi connectivity index (χ2n) is 5.94. The molecule has 2 unspecified atom stereocenters. The van der Waals surface area contributed by atoms with Gasteiger partial charge in [-0.1, -0.05) is 13.3 Å². The molecule has 0 radical (unpaired) electrons. The molecule has 0 bridgehead atoms. The number of hydrogen-bond acceptors (Lipinski definition) is 3. The Morgan fingerprint density at radius 2 is 2.00 bits per heavy atom. The summed E-state index contributed by atoms with van der Waals surface area (Å²) in [6.45, 7) is 9.83. The van der Waals surface area contributed by atoms with Crippen LogP contribution in [0.4, 0.5) is 0 Å². The Morgan fingerprint density at radius 3 is 2.44 bits per heavy atom. The van der Waals surface area contributed by atoms with Crippen LogP contribution in [-0.4, -0.2) is 23.7 Å². The number of hydrogen-bond donors (Lipinski definition) is 1. The lowest BCUT2D eigenvalue weighted by Gasteiger charge is -2.26. The fourth-order valence-electron chi connectivity index (χ4n) is 2.17. The molecule has 0 heterocycles. The first-order chi connectivity index (χ1) is 7.29. The summed E-state index contributed by atoms with van der Waals surface area (Å²) in [4.78, 5) is 11.8. The lowest BCUT2D eigenvalue weighted by Crippen LogP contribution is -2.45. The monoisotopic (exact) mass is 227 g/mol. The average Bonchev–Trinajstić information content (AvgIpc) is 2.49. The molecule has 0 aliphatic heterocycles. The third-order valence-electron chi connectivity index (χ3n) is 3.09. The second-order valence-corrected chi connectivity index (χ2v) is 5.94. The Hall–Kier alpha value is -0.570. The van der Waals surface area contributed by atoms with Crippen molar-refractivity contribution < 1.29 is 9.53 Å². The molecule has 0 aromatic carbocycles. The number of nitrogens with one attached hydrogen (secondary N) is 1. The van der Waals surface area contributed by atoms with Gasteiger partial charge in [0.2, 0.25) is 0 Å². The molecule has 3 atom stereocenters. The van der Waals surface area contributed by atoms with Crippen LogP contribution >= 0.6 is 0 Å². The highest BCUT2D eigenvalue weighted by Gasteiger charge is 2.28. The number of esters is 1. The van der Waals surface area contributed by atoms with Gasteiger partial charge in [0, 0.05) is 6.04 Å². The molecule has 1 aliphatic rings. The van der Waals surface area contributed by atoms with Crippen molar-refractivity contribution in [2.24, 2.45) is 5.92 Å². The number of rotatable bonds is 3. The topological polar surface area (TPSA) is 38.3 Å². The van der Waals surface area contributed by atoms with Gasteiger partial charge >= 0.3 is 5.97 Å². The maximum atomic E-state index is 11.8. The maximum Gasteiger partial charge on any atom is 0.323 e. The first-order valence-corrected chi connectivity index (χ1v) is 6.28. The molecule has 3 nitrogen and oxygen atoms in total. The van der Waals surface area contributed by atoms with Crippen LogP contribution in [0.2, 0.25) is 0 Å². The zero-order valence-corrected chi connectivity index (χ0v) is 11.2. The summed E-state index contributed by atoms with van der Waals surface area (Å²) in [6, 6.07) is 0.271. The molecule has 0 aromatic heterocycles. The smallest absolute Gasteiger partial charge is 0.323 e. The minimum atomic E-state index is -0.395. The van der Waals surface area contributed by atoms with Crippen LogP contribution in [0.25, 0.3) is 0 Å². The molecular weight excluding hydrogens is 202 g/mol. The minimum Gasteiger partial charge on any atom is -0.459 e. The van der Waals surface area contributed by atoms with Crippen LogP contribution in [0.3, 0.4) is 0 Å². The van der Waals surface area contributed by atoms with Crippen molar-refractivity contribution in [1.82, 2.24) is 5.32 Å². The van der Waals surface area contributed by atoms with Crippen LogP contribution < -0.4 is 5.32 Å². The van der Waals surface area contributed by atoms with Crippen molar-refractivity contribution in [2.45, 2.75) is 71.6 Å². The highest BCUT2D eigenvalue weighted by molar-refractivity contribution is 5.75. The Bertz CT molecular complexity index is 245. The van der Waals surface area contributed by atoms with Crippen LogP contribution in [0, 0.1) is 5.92 Å². The van der Waals surface area contributed by atoms with Crippen LogP contribution in [0.5, 0.6) is 0 Å². The number of ether oxygens (including phenoxy) is 1. The lowest BCUT2D eigenvalue weighted by molar-refractivity contribution is -0.157. The van der Waals surface area contributed by atoms with Gasteiger partial charge in [-0.25, -0.2) is 0 Å². The van der Waals surface area contributed by atoms with Gasteiger partial charge in [0.25, 0.3) is 0 Å². The van der Waals surface area contributed by atoms with Gasteiger partial charge in [-0.2, -0.15) is 0 Å². The zero-order valence-electron chi connectivity index (χ0n) is 11.2.